The van der Waals surface area contributed by atoms with Gasteiger partial charge in [0.05, 0.1) is 5.56 Å². The number of aryl methyl sites for hydroxylation is 2. The Morgan fingerprint density at radius 3 is 2.80 bits per heavy atom. The van der Waals surface area contributed by atoms with Gasteiger partial charge in [-0.05, 0) is 37.6 Å². The van der Waals surface area contributed by atoms with E-state index in [-0.39, 0.29) is 11.6 Å². The summed E-state index contributed by atoms with van der Waals surface area (Å²) in [5.41, 5.74) is 3.17. The molecule has 20 heavy (non-hydrogen) atoms. The maximum absolute atomic E-state index is 9.88. The first kappa shape index (κ1) is 12.3. The van der Waals surface area contributed by atoms with E-state index >= 15 is 0 Å². The Kier molecular flexibility index (Phi) is 2.95. The van der Waals surface area contributed by atoms with Crippen molar-refractivity contribution in [1.29, 1.82) is 0 Å². The first-order valence-electron chi connectivity index (χ1n) is 6.21. The molecule has 2 aromatic heterocycles. The van der Waals surface area contributed by atoms with Crippen molar-refractivity contribution in [1.82, 2.24) is 15.1 Å². The van der Waals surface area contributed by atoms with Gasteiger partial charge in [0.15, 0.2) is 0 Å². The zero-order chi connectivity index (χ0) is 14.1. The van der Waals surface area contributed by atoms with Gasteiger partial charge in [0.1, 0.15) is 11.4 Å². The van der Waals surface area contributed by atoms with Gasteiger partial charge in [-0.25, -0.2) is 0 Å². The van der Waals surface area contributed by atoms with Gasteiger partial charge in [0.25, 0.3) is 5.89 Å². The SMILES string of the molecule is Cc1ccc(O)c(-c2nc(-c3ncccc3C)no2)c1. The van der Waals surface area contributed by atoms with Gasteiger partial charge in [-0.2, -0.15) is 4.98 Å². The summed E-state index contributed by atoms with van der Waals surface area (Å²) in [5, 5.41) is 13.8. The quantitative estimate of drug-likeness (QED) is 0.772. The van der Waals surface area contributed by atoms with Crippen LogP contribution in [0, 0.1) is 13.8 Å². The fourth-order valence-electron chi connectivity index (χ4n) is 1.97. The van der Waals surface area contributed by atoms with E-state index in [9.17, 15) is 5.11 Å². The lowest BCUT2D eigenvalue weighted by atomic mass is 10.1. The summed E-state index contributed by atoms with van der Waals surface area (Å²) >= 11 is 0. The smallest absolute Gasteiger partial charge is 0.262 e. The third kappa shape index (κ3) is 2.14. The minimum atomic E-state index is 0.114. The van der Waals surface area contributed by atoms with E-state index in [2.05, 4.69) is 15.1 Å². The lowest BCUT2D eigenvalue weighted by Crippen LogP contribution is -1.89. The van der Waals surface area contributed by atoms with Crippen LogP contribution in [0.25, 0.3) is 23.0 Å². The predicted molar refractivity (Wildman–Crippen MR) is 74.1 cm³/mol. The molecule has 0 spiro atoms. The predicted octanol–water partition coefficient (Wildman–Crippen LogP) is 3.12. The van der Waals surface area contributed by atoms with Crippen molar-refractivity contribution in [2.75, 3.05) is 0 Å². The number of hydrogen-bond donors (Lipinski definition) is 1. The van der Waals surface area contributed by atoms with Gasteiger partial charge < -0.3 is 9.63 Å². The molecule has 0 saturated carbocycles. The molecule has 0 radical (unpaired) electrons. The molecule has 1 N–H and O–H groups in total. The summed E-state index contributed by atoms with van der Waals surface area (Å²) in [7, 11) is 0. The van der Waals surface area contributed by atoms with E-state index in [1.807, 2.05) is 32.0 Å². The van der Waals surface area contributed by atoms with E-state index in [1.165, 1.54) is 0 Å². The third-order valence-corrected chi connectivity index (χ3v) is 3.03. The fourth-order valence-corrected chi connectivity index (χ4v) is 1.97. The molecule has 1 aromatic carbocycles. The first-order chi connectivity index (χ1) is 9.65. The van der Waals surface area contributed by atoms with E-state index < -0.39 is 0 Å². The van der Waals surface area contributed by atoms with E-state index in [1.54, 1.807) is 18.3 Å². The van der Waals surface area contributed by atoms with Crippen LogP contribution in [0.4, 0.5) is 0 Å². The van der Waals surface area contributed by atoms with Crippen molar-refractivity contribution in [2.24, 2.45) is 0 Å². The van der Waals surface area contributed by atoms with Gasteiger partial charge in [-0.15, -0.1) is 0 Å². The van der Waals surface area contributed by atoms with Gasteiger partial charge in [0, 0.05) is 6.20 Å². The highest BCUT2D eigenvalue weighted by Crippen LogP contribution is 2.30. The number of phenols is 1. The van der Waals surface area contributed by atoms with E-state index in [0.29, 0.717) is 17.1 Å². The van der Waals surface area contributed by atoms with E-state index in [4.69, 9.17) is 4.52 Å². The molecule has 0 amide bonds. The maximum Gasteiger partial charge on any atom is 0.262 e. The second kappa shape index (κ2) is 4.77. The second-order valence-corrected chi connectivity index (χ2v) is 4.61. The summed E-state index contributed by atoms with van der Waals surface area (Å²) in [6, 6.07) is 9.02. The van der Waals surface area contributed by atoms with Crippen LogP contribution in [0.1, 0.15) is 11.1 Å². The molecule has 3 aromatic rings. The second-order valence-electron chi connectivity index (χ2n) is 4.61. The third-order valence-electron chi connectivity index (χ3n) is 3.03. The molecule has 0 bridgehead atoms. The van der Waals surface area contributed by atoms with Crippen molar-refractivity contribution in [3.8, 4) is 28.7 Å². The van der Waals surface area contributed by atoms with Gasteiger partial charge in [-0.3, -0.25) is 4.98 Å². The zero-order valence-corrected chi connectivity index (χ0v) is 11.2. The summed E-state index contributed by atoms with van der Waals surface area (Å²) in [6.07, 6.45) is 1.68. The molecule has 0 saturated heterocycles. The van der Waals surface area contributed by atoms with Crippen molar-refractivity contribution in [3.63, 3.8) is 0 Å². The Labute approximate surface area is 115 Å². The van der Waals surface area contributed by atoms with Crippen molar-refractivity contribution >= 4 is 0 Å². The maximum atomic E-state index is 9.88. The Morgan fingerprint density at radius 2 is 2.00 bits per heavy atom. The van der Waals surface area contributed by atoms with Gasteiger partial charge >= 0.3 is 0 Å². The highest BCUT2D eigenvalue weighted by atomic mass is 16.5. The monoisotopic (exact) mass is 267 g/mol. The van der Waals surface area contributed by atoms with Crippen molar-refractivity contribution in [3.05, 3.63) is 47.7 Å². The number of benzene rings is 1. The fraction of sp³-hybridized carbons (Fsp3) is 0.133. The molecule has 0 fully saturated rings. The Balaban J connectivity index is 2.07. The zero-order valence-electron chi connectivity index (χ0n) is 11.2. The highest BCUT2D eigenvalue weighted by molar-refractivity contribution is 5.65. The van der Waals surface area contributed by atoms with Crippen LogP contribution in [-0.2, 0) is 0 Å². The largest absolute Gasteiger partial charge is 0.507 e. The molecule has 2 heterocycles. The number of rotatable bonds is 2. The molecule has 0 aliphatic rings. The standard InChI is InChI=1S/C15H13N3O2/c1-9-5-6-12(19)11(8-9)15-17-14(18-20-15)13-10(2)4-3-7-16-13/h3-8,19H,1-2H3. The summed E-state index contributed by atoms with van der Waals surface area (Å²) in [5.74, 6) is 0.814. The van der Waals surface area contributed by atoms with Crippen LogP contribution in [-0.4, -0.2) is 20.2 Å². The summed E-state index contributed by atoms with van der Waals surface area (Å²) in [6.45, 7) is 3.87. The van der Waals surface area contributed by atoms with Crippen LogP contribution in [0.15, 0.2) is 41.1 Å². The normalized spacial score (nSPS) is 10.7. The minimum Gasteiger partial charge on any atom is -0.507 e. The van der Waals surface area contributed by atoms with E-state index in [0.717, 1.165) is 11.1 Å². The first-order valence-corrected chi connectivity index (χ1v) is 6.21. The van der Waals surface area contributed by atoms with Crippen LogP contribution >= 0.6 is 0 Å². The Bertz CT molecular complexity index is 765. The minimum absolute atomic E-state index is 0.114. The number of hydrogen-bond acceptors (Lipinski definition) is 5. The molecule has 0 unspecified atom stereocenters. The lowest BCUT2D eigenvalue weighted by molar-refractivity contribution is 0.425. The molecular weight excluding hydrogens is 254 g/mol. The average molecular weight is 267 g/mol. The van der Waals surface area contributed by atoms with Crippen LogP contribution in [0.2, 0.25) is 0 Å². The summed E-state index contributed by atoms with van der Waals surface area (Å²) in [4.78, 5) is 8.56. The molecule has 0 atom stereocenters. The number of pyridine rings is 1. The highest BCUT2D eigenvalue weighted by Gasteiger charge is 2.15. The lowest BCUT2D eigenvalue weighted by Gasteiger charge is -2.00. The van der Waals surface area contributed by atoms with Crippen LogP contribution in [0.3, 0.4) is 0 Å². The topological polar surface area (TPSA) is 72.0 Å². The molecule has 3 rings (SSSR count). The number of phenolic OH excluding ortho intramolecular Hbond substituents is 1. The molecule has 100 valence electrons. The average Bonchev–Trinajstić information content (AvgIpc) is 2.91. The number of aromatic nitrogens is 3. The number of aromatic hydroxyl groups is 1. The molecule has 0 aliphatic heterocycles. The van der Waals surface area contributed by atoms with Crippen LogP contribution < -0.4 is 0 Å². The molecule has 5 nitrogen and oxygen atoms in total. The van der Waals surface area contributed by atoms with Gasteiger partial charge in [0.2, 0.25) is 5.82 Å². The number of nitrogens with zero attached hydrogens (tertiary/aromatic N) is 3. The Morgan fingerprint density at radius 1 is 1.15 bits per heavy atom. The van der Waals surface area contributed by atoms with Crippen molar-refractivity contribution in [2.45, 2.75) is 13.8 Å². The van der Waals surface area contributed by atoms with Gasteiger partial charge in [-0.1, -0.05) is 22.9 Å². The molecular formula is C15H13N3O2. The summed E-state index contributed by atoms with van der Waals surface area (Å²) < 4.78 is 5.23. The molecule has 0 aliphatic carbocycles. The Hall–Kier alpha value is -2.69. The molecule has 5 heteroatoms. The van der Waals surface area contributed by atoms with Crippen molar-refractivity contribution < 1.29 is 9.63 Å². The van der Waals surface area contributed by atoms with Crippen LogP contribution in [0.5, 0.6) is 5.75 Å².